The molecule has 2 heterocycles. The van der Waals surface area contributed by atoms with Crippen molar-refractivity contribution in [2.75, 3.05) is 26.9 Å². The lowest BCUT2D eigenvalue weighted by molar-refractivity contribution is -0.237. The van der Waals surface area contributed by atoms with Crippen LogP contribution in [0.4, 0.5) is 0 Å². The van der Waals surface area contributed by atoms with Gasteiger partial charge in [-0.3, -0.25) is 19.2 Å². The van der Waals surface area contributed by atoms with Crippen LogP contribution in [0, 0.1) is 23.2 Å². The summed E-state index contributed by atoms with van der Waals surface area (Å²) >= 11 is 0. The predicted molar refractivity (Wildman–Crippen MR) is 154 cm³/mol. The molecular weight excluding hydrogens is 592 g/mol. The lowest BCUT2D eigenvalue weighted by Crippen LogP contribution is -2.69. The van der Waals surface area contributed by atoms with Crippen molar-refractivity contribution in [1.29, 1.82) is 0 Å². The molecule has 1 saturated carbocycles. The molecule has 0 amide bonds. The van der Waals surface area contributed by atoms with Gasteiger partial charge in [0.15, 0.2) is 18.3 Å². The van der Waals surface area contributed by atoms with Crippen molar-refractivity contribution in [3.8, 4) is 0 Å². The molecule has 2 aliphatic heterocycles. The first-order valence-corrected chi connectivity index (χ1v) is 15.2. The molecule has 0 aromatic heterocycles. The fourth-order valence-electron chi connectivity index (χ4n) is 7.12. The van der Waals surface area contributed by atoms with Gasteiger partial charge in [-0.1, -0.05) is 26.8 Å². The highest BCUT2D eigenvalue weighted by molar-refractivity contribution is 5.78. The molecule has 1 N–H and O–H groups in total. The second kappa shape index (κ2) is 13.2. The quantitative estimate of drug-likeness (QED) is 0.221. The van der Waals surface area contributed by atoms with Gasteiger partial charge < -0.3 is 38.3 Å². The van der Waals surface area contributed by atoms with Gasteiger partial charge in [-0.05, 0) is 43.4 Å². The van der Waals surface area contributed by atoms with Gasteiger partial charge in [0, 0.05) is 33.3 Å². The Kier molecular flexibility index (Phi) is 10.2. The molecule has 250 valence electrons. The first-order valence-electron chi connectivity index (χ1n) is 15.2. The van der Waals surface area contributed by atoms with E-state index in [9.17, 15) is 29.1 Å². The Morgan fingerprint density at radius 1 is 1.09 bits per heavy atom. The van der Waals surface area contributed by atoms with Gasteiger partial charge in [0.2, 0.25) is 0 Å². The Labute approximate surface area is 262 Å². The van der Waals surface area contributed by atoms with E-state index >= 15 is 0 Å². The molecule has 9 atom stereocenters. The van der Waals surface area contributed by atoms with E-state index in [0.29, 0.717) is 12.0 Å². The summed E-state index contributed by atoms with van der Waals surface area (Å²) in [6.07, 6.45) is 0.624. The normalized spacial score (nSPS) is 37.1. The summed E-state index contributed by atoms with van der Waals surface area (Å²) < 4.78 is 40.1. The molecule has 0 aromatic carbocycles. The zero-order valence-electron chi connectivity index (χ0n) is 26.9. The molecule has 1 spiro atoms. The van der Waals surface area contributed by atoms with E-state index < -0.39 is 89.3 Å². The van der Waals surface area contributed by atoms with Crippen LogP contribution in [-0.2, 0) is 57.1 Å². The molecule has 4 aliphatic rings. The molecule has 4 rings (SSSR count). The fourth-order valence-corrected chi connectivity index (χ4v) is 7.12. The van der Waals surface area contributed by atoms with E-state index in [4.69, 9.17) is 33.2 Å². The number of rotatable bonds is 9. The number of esters is 5. The molecule has 0 bridgehead atoms. The van der Waals surface area contributed by atoms with Crippen LogP contribution in [0.25, 0.3) is 0 Å². The second-order valence-corrected chi connectivity index (χ2v) is 13.0. The van der Waals surface area contributed by atoms with Gasteiger partial charge in [0.1, 0.15) is 18.3 Å². The van der Waals surface area contributed by atoms with Gasteiger partial charge in [-0.2, -0.15) is 0 Å². The number of epoxide rings is 1. The summed E-state index contributed by atoms with van der Waals surface area (Å²) in [5, 5.41) is 12.6. The Morgan fingerprint density at radius 3 is 2.33 bits per heavy atom. The third-order valence-corrected chi connectivity index (χ3v) is 9.34. The van der Waals surface area contributed by atoms with Crippen molar-refractivity contribution < 1.29 is 62.2 Å². The van der Waals surface area contributed by atoms with Crippen LogP contribution in [0.3, 0.4) is 0 Å². The van der Waals surface area contributed by atoms with Crippen LogP contribution < -0.4 is 0 Å². The summed E-state index contributed by atoms with van der Waals surface area (Å²) in [7, 11) is 1.46. The largest absolute Gasteiger partial charge is 0.462 e. The highest BCUT2D eigenvalue weighted by Gasteiger charge is 2.74. The monoisotopic (exact) mass is 636 g/mol. The molecule has 13 nitrogen and oxygen atoms in total. The molecule has 0 radical (unpaired) electrons. The number of carbonyl (C=O) groups excluding carboxylic acids is 5. The number of hydrogen-bond donors (Lipinski definition) is 1. The molecule has 9 unspecified atom stereocenters. The average Bonchev–Trinajstić information content (AvgIpc) is 3.68. The van der Waals surface area contributed by atoms with E-state index in [1.165, 1.54) is 34.0 Å². The fraction of sp³-hybridized carbons (Fsp3) is 0.719. The van der Waals surface area contributed by atoms with E-state index in [0.717, 1.165) is 0 Å². The van der Waals surface area contributed by atoms with Gasteiger partial charge in [0.25, 0.3) is 0 Å². The van der Waals surface area contributed by atoms with Crippen molar-refractivity contribution in [2.45, 2.75) is 96.4 Å². The molecule has 2 aliphatic carbocycles. The maximum Gasteiger partial charge on any atom is 0.344 e. The molecule has 3 fully saturated rings. The Balaban J connectivity index is 1.91. The van der Waals surface area contributed by atoms with Crippen LogP contribution >= 0.6 is 0 Å². The molecule has 13 heteroatoms. The van der Waals surface area contributed by atoms with Crippen LogP contribution in [0.2, 0.25) is 0 Å². The third kappa shape index (κ3) is 6.80. The smallest absolute Gasteiger partial charge is 0.344 e. The van der Waals surface area contributed by atoms with Crippen LogP contribution in [0.1, 0.15) is 60.8 Å². The topological polar surface area (TPSA) is 173 Å². The number of fused-ring (bicyclic) bond motifs is 3. The lowest BCUT2D eigenvalue weighted by Gasteiger charge is -2.56. The number of aliphatic hydroxyl groups is 1. The molecule has 2 saturated heterocycles. The number of hydrogen-bond acceptors (Lipinski definition) is 13. The van der Waals surface area contributed by atoms with Crippen LogP contribution in [-0.4, -0.2) is 97.5 Å². The lowest BCUT2D eigenvalue weighted by atomic mass is 9.53. The maximum atomic E-state index is 13.3. The predicted octanol–water partition coefficient (Wildman–Crippen LogP) is 1.97. The highest BCUT2D eigenvalue weighted by Crippen LogP contribution is 2.62. The van der Waals surface area contributed by atoms with Crippen molar-refractivity contribution in [3.63, 3.8) is 0 Å². The van der Waals surface area contributed by atoms with Crippen LogP contribution in [0.15, 0.2) is 23.8 Å². The maximum absolute atomic E-state index is 13.3. The van der Waals surface area contributed by atoms with E-state index in [2.05, 4.69) is 0 Å². The van der Waals surface area contributed by atoms with Crippen molar-refractivity contribution >= 4 is 29.8 Å². The molecular formula is C32H44O13. The third-order valence-electron chi connectivity index (χ3n) is 9.34. The van der Waals surface area contributed by atoms with Crippen molar-refractivity contribution in [3.05, 3.63) is 23.8 Å². The minimum absolute atomic E-state index is 0.0152. The SMILES string of the molecule is COCC1=CC2OC(=O)C(C)C2(O)C(OC(C)=O)C2C3(CCC(OC(C)=O)C2(C)C(OC(=O)COC(=O)CC(C)C)C=C1)CO3. The number of methoxy groups -OCH3 is 1. The zero-order chi connectivity index (χ0) is 33.3. The minimum Gasteiger partial charge on any atom is -0.462 e. The highest BCUT2D eigenvalue weighted by atomic mass is 16.6. The summed E-state index contributed by atoms with van der Waals surface area (Å²) in [5.41, 5.74) is -4.07. The standard InChI is InChI=1S/C32H44O13/c1-17(2)12-25(35)40-15-26(36)44-22-9-8-21(14-39-7)13-24-32(38,18(3)29(37)45-24)28(43-20(5)34)27-30(22,6)23(42-19(4)33)10-11-31(27)16-41-31/h8-9,13,17-18,22-24,27-28,38H,10-12,14-16H2,1-7H3. The Morgan fingerprint density at radius 2 is 1.76 bits per heavy atom. The van der Waals surface area contributed by atoms with Crippen LogP contribution in [0.5, 0.6) is 0 Å². The first kappa shape index (κ1) is 34.6. The number of carbonyl (C=O) groups is 5. The minimum atomic E-state index is -2.11. The second-order valence-electron chi connectivity index (χ2n) is 13.0. The summed E-state index contributed by atoms with van der Waals surface area (Å²) in [6.45, 7) is 8.86. The van der Waals surface area contributed by atoms with Gasteiger partial charge >= 0.3 is 29.8 Å². The first-order chi connectivity index (χ1) is 21.1. The van der Waals surface area contributed by atoms with Crippen molar-refractivity contribution in [1.82, 2.24) is 0 Å². The molecule has 45 heavy (non-hydrogen) atoms. The average molecular weight is 637 g/mol. The van der Waals surface area contributed by atoms with E-state index in [1.54, 1.807) is 19.1 Å². The van der Waals surface area contributed by atoms with E-state index in [1.807, 2.05) is 13.8 Å². The summed E-state index contributed by atoms with van der Waals surface area (Å²) in [4.78, 5) is 63.7. The number of ether oxygens (including phenoxy) is 7. The summed E-state index contributed by atoms with van der Waals surface area (Å²) in [5.74, 6) is -5.62. The van der Waals surface area contributed by atoms with Gasteiger partial charge in [-0.15, -0.1) is 0 Å². The van der Waals surface area contributed by atoms with Gasteiger partial charge in [-0.25, -0.2) is 4.79 Å². The zero-order valence-corrected chi connectivity index (χ0v) is 26.9. The Hall–Kier alpha value is -3.29. The van der Waals surface area contributed by atoms with E-state index in [-0.39, 0.29) is 32.0 Å². The summed E-state index contributed by atoms with van der Waals surface area (Å²) in [6, 6.07) is 0. The molecule has 0 aromatic rings. The van der Waals surface area contributed by atoms with Crippen molar-refractivity contribution in [2.24, 2.45) is 23.2 Å². The van der Waals surface area contributed by atoms with Gasteiger partial charge in [0.05, 0.1) is 30.1 Å². The Bertz CT molecular complexity index is 1250.